The van der Waals surface area contributed by atoms with Crippen molar-refractivity contribution in [2.45, 2.75) is 11.8 Å². The fourth-order valence-corrected chi connectivity index (χ4v) is 4.97. The summed E-state index contributed by atoms with van der Waals surface area (Å²) in [7, 11) is -2.23. The Balaban J connectivity index is 1.41. The Kier molecular flexibility index (Phi) is 6.74. The van der Waals surface area contributed by atoms with E-state index in [-0.39, 0.29) is 16.5 Å². The molecule has 0 bridgehead atoms. The van der Waals surface area contributed by atoms with Crippen molar-refractivity contribution in [1.82, 2.24) is 4.90 Å². The van der Waals surface area contributed by atoms with Crippen molar-refractivity contribution in [2.24, 2.45) is 0 Å². The Bertz CT molecular complexity index is 1290. The van der Waals surface area contributed by atoms with Gasteiger partial charge in [-0.05, 0) is 67.1 Å². The molecule has 1 saturated heterocycles. The molecule has 4 rings (SSSR count). The molecule has 1 heterocycles. The number of nitrogens with zero attached hydrogens (tertiary/aromatic N) is 2. The van der Waals surface area contributed by atoms with Crippen LogP contribution in [-0.4, -0.2) is 52.5 Å². The van der Waals surface area contributed by atoms with Gasteiger partial charge in [-0.2, -0.15) is 0 Å². The fourth-order valence-electron chi connectivity index (χ4n) is 3.92. The molecule has 1 amide bonds. The summed E-state index contributed by atoms with van der Waals surface area (Å²) in [5.41, 5.74) is 2.02. The van der Waals surface area contributed by atoms with Gasteiger partial charge in [-0.1, -0.05) is 12.1 Å². The zero-order chi connectivity index (χ0) is 24.3. The summed E-state index contributed by atoms with van der Waals surface area (Å²) in [4.78, 5) is 16.9. The lowest BCUT2D eigenvalue weighted by atomic mass is 10.1. The molecule has 9 heteroatoms. The van der Waals surface area contributed by atoms with Gasteiger partial charge >= 0.3 is 0 Å². The van der Waals surface area contributed by atoms with E-state index < -0.39 is 15.8 Å². The van der Waals surface area contributed by atoms with Crippen LogP contribution in [0.3, 0.4) is 0 Å². The van der Waals surface area contributed by atoms with E-state index in [1.165, 1.54) is 42.5 Å². The van der Waals surface area contributed by atoms with E-state index in [0.717, 1.165) is 11.4 Å². The van der Waals surface area contributed by atoms with Crippen molar-refractivity contribution < 1.29 is 22.3 Å². The highest BCUT2D eigenvalue weighted by Gasteiger charge is 2.24. The van der Waals surface area contributed by atoms with Crippen LogP contribution in [0.1, 0.15) is 15.9 Å². The van der Waals surface area contributed by atoms with Gasteiger partial charge in [0.2, 0.25) is 0 Å². The Labute approximate surface area is 198 Å². The molecule has 1 N–H and O–H groups in total. The summed E-state index contributed by atoms with van der Waals surface area (Å²) >= 11 is 0. The smallest absolute Gasteiger partial charge is 0.261 e. The SMILES string of the molecule is COc1ccccc1N1CCN(C(=O)c2ccc(S(=O)(=O)Nc3ccc(F)c(C)c3)cc2)CC1. The number of carbonyl (C=O) groups is 1. The van der Waals surface area contributed by atoms with E-state index in [1.54, 1.807) is 18.9 Å². The number of ether oxygens (including phenoxy) is 1. The van der Waals surface area contributed by atoms with Crippen molar-refractivity contribution in [1.29, 1.82) is 0 Å². The Morgan fingerprint density at radius 2 is 1.65 bits per heavy atom. The number of halogens is 1. The minimum Gasteiger partial charge on any atom is -0.495 e. The molecule has 0 unspecified atom stereocenters. The van der Waals surface area contributed by atoms with Crippen LogP contribution in [0.4, 0.5) is 15.8 Å². The van der Waals surface area contributed by atoms with E-state index in [1.807, 2.05) is 24.3 Å². The second kappa shape index (κ2) is 9.72. The van der Waals surface area contributed by atoms with Gasteiger partial charge in [-0.3, -0.25) is 9.52 Å². The molecule has 7 nitrogen and oxygen atoms in total. The van der Waals surface area contributed by atoms with E-state index in [0.29, 0.717) is 37.3 Å². The molecule has 1 aliphatic rings. The molecule has 0 saturated carbocycles. The van der Waals surface area contributed by atoms with Gasteiger partial charge in [-0.15, -0.1) is 0 Å². The number of aryl methyl sites for hydroxylation is 1. The second-order valence-corrected chi connectivity index (χ2v) is 9.73. The lowest BCUT2D eigenvalue weighted by Crippen LogP contribution is -2.48. The molecule has 0 aromatic heterocycles. The molecule has 1 aliphatic heterocycles. The highest BCUT2D eigenvalue weighted by Crippen LogP contribution is 2.28. The molecule has 0 aliphatic carbocycles. The quantitative estimate of drug-likeness (QED) is 0.575. The number of amides is 1. The predicted molar refractivity (Wildman–Crippen MR) is 129 cm³/mol. The maximum atomic E-state index is 13.4. The van der Waals surface area contributed by atoms with Gasteiger partial charge in [0.25, 0.3) is 15.9 Å². The molecule has 178 valence electrons. The third kappa shape index (κ3) is 4.99. The highest BCUT2D eigenvalue weighted by molar-refractivity contribution is 7.92. The Hall–Kier alpha value is -3.59. The van der Waals surface area contributed by atoms with Crippen LogP contribution in [0, 0.1) is 12.7 Å². The van der Waals surface area contributed by atoms with Crippen LogP contribution in [0.2, 0.25) is 0 Å². The number of carbonyl (C=O) groups excluding carboxylic acids is 1. The summed E-state index contributed by atoms with van der Waals surface area (Å²) < 4.78 is 46.7. The monoisotopic (exact) mass is 483 g/mol. The number of sulfonamides is 1. The zero-order valence-corrected chi connectivity index (χ0v) is 19.8. The standard InChI is InChI=1S/C25H26FN3O4S/c1-18-17-20(9-12-22(18)26)27-34(31,32)21-10-7-19(8-11-21)25(30)29-15-13-28(14-16-29)23-5-3-4-6-24(23)33-2/h3-12,17,27H,13-16H2,1-2H3. The molecule has 3 aromatic rings. The van der Waals surface area contributed by atoms with Gasteiger partial charge in [-0.25, -0.2) is 12.8 Å². The van der Waals surface area contributed by atoms with E-state index >= 15 is 0 Å². The molecular formula is C25H26FN3O4S. The number of piperazine rings is 1. The van der Waals surface area contributed by atoms with Crippen molar-refractivity contribution in [3.63, 3.8) is 0 Å². The molecule has 0 radical (unpaired) electrons. The molecule has 0 atom stereocenters. The number of anilines is 2. The lowest BCUT2D eigenvalue weighted by molar-refractivity contribution is 0.0746. The number of nitrogens with one attached hydrogen (secondary N) is 1. The zero-order valence-electron chi connectivity index (χ0n) is 19.0. The molecule has 1 fully saturated rings. The van der Waals surface area contributed by atoms with Crippen molar-refractivity contribution >= 4 is 27.3 Å². The first-order chi connectivity index (χ1) is 16.3. The van der Waals surface area contributed by atoms with E-state index in [2.05, 4.69) is 9.62 Å². The normalized spacial score (nSPS) is 14.1. The highest BCUT2D eigenvalue weighted by atomic mass is 32.2. The number of methoxy groups -OCH3 is 1. The van der Waals surface area contributed by atoms with Crippen molar-refractivity contribution in [3.8, 4) is 5.75 Å². The molecule has 0 spiro atoms. The van der Waals surface area contributed by atoms with Crippen LogP contribution in [0.5, 0.6) is 5.75 Å². The summed E-state index contributed by atoms with van der Waals surface area (Å²) in [6.45, 7) is 3.98. The minimum absolute atomic E-state index is 0.0204. The largest absolute Gasteiger partial charge is 0.495 e. The average Bonchev–Trinajstić information content (AvgIpc) is 2.86. The second-order valence-electron chi connectivity index (χ2n) is 8.04. The van der Waals surface area contributed by atoms with E-state index in [4.69, 9.17) is 4.74 Å². The maximum absolute atomic E-state index is 13.4. The third-order valence-electron chi connectivity index (χ3n) is 5.81. The van der Waals surface area contributed by atoms with Crippen molar-refractivity contribution in [2.75, 3.05) is 42.9 Å². The maximum Gasteiger partial charge on any atom is 0.261 e. The predicted octanol–water partition coefficient (Wildman–Crippen LogP) is 3.91. The van der Waals surface area contributed by atoms with Crippen LogP contribution in [0.25, 0.3) is 0 Å². The molecular weight excluding hydrogens is 457 g/mol. The number of para-hydroxylation sites is 2. The summed E-state index contributed by atoms with van der Waals surface area (Å²) in [6.07, 6.45) is 0. The molecule has 3 aromatic carbocycles. The fraction of sp³-hybridized carbons (Fsp3) is 0.240. The summed E-state index contributed by atoms with van der Waals surface area (Å²) in [6, 6.07) is 17.6. The van der Waals surface area contributed by atoms with Gasteiger partial charge in [0.05, 0.1) is 17.7 Å². The van der Waals surface area contributed by atoms with Crippen LogP contribution in [0.15, 0.2) is 71.6 Å². The first kappa shape index (κ1) is 23.6. The molecule has 34 heavy (non-hydrogen) atoms. The summed E-state index contributed by atoms with van der Waals surface area (Å²) in [5, 5.41) is 0. The summed E-state index contributed by atoms with van der Waals surface area (Å²) in [5.74, 6) is 0.240. The number of rotatable bonds is 6. The first-order valence-electron chi connectivity index (χ1n) is 10.8. The Morgan fingerprint density at radius 3 is 2.29 bits per heavy atom. The third-order valence-corrected chi connectivity index (χ3v) is 7.21. The van der Waals surface area contributed by atoms with Crippen LogP contribution in [-0.2, 0) is 10.0 Å². The Morgan fingerprint density at radius 1 is 0.971 bits per heavy atom. The number of benzene rings is 3. The van der Waals surface area contributed by atoms with Gasteiger partial charge in [0, 0.05) is 37.4 Å². The van der Waals surface area contributed by atoms with Crippen molar-refractivity contribution in [3.05, 3.63) is 83.7 Å². The average molecular weight is 484 g/mol. The van der Waals surface area contributed by atoms with Gasteiger partial charge in [0.1, 0.15) is 11.6 Å². The van der Waals surface area contributed by atoms with E-state index in [9.17, 15) is 17.6 Å². The van der Waals surface area contributed by atoms with Gasteiger partial charge < -0.3 is 14.5 Å². The first-order valence-corrected chi connectivity index (χ1v) is 12.3. The topological polar surface area (TPSA) is 79.0 Å². The number of hydrogen-bond donors (Lipinski definition) is 1. The minimum atomic E-state index is -3.87. The van der Waals surface area contributed by atoms with Crippen LogP contribution < -0.4 is 14.4 Å². The van der Waals surface area contributed by atoms with Gasteiger partial charge in [0.15, 0.2) is 0 Å². The van der Waals surface area contributed by atoms with Crippen LogP contribution >= 0.6 is 0 Å². The number of hydrogen-bond acceptors (Lipinski definition) is 5. The lowest BCUT2D eigenvalue weighted by Gasteiger charge is -2.36.